The van der Waals surface area contributed by atoms with Crippen molar-refractivity contribution in [3.63, 3.8) is 0 Å². The highest BCUT2D eigenvalue weighted by Crippen LogP contribution is 2.23. The van der Waals surface area contributed by atoms with Crippen molar-refractivity contribution in [3.05, 3.63) is 24.0 Å². The number of fused-ring (bicyclic) bond motifs is 1. The van der Waals surface area contributed by atoms with Crippen molar-refractivity contribution in [1.82, 2.24) is 14.9 Å². The summed E-state index contributed by atoms with van der Waals surface area (Å²) in [5.41, 5.74) is 9.03. The van der Waals surface area contributed by atoms with E-state index in [1.165, 1.54) is 0 Å². The average molecular weight is 514 g/mol. The minimum Gasteiger partial charge on any atom is -0.464 e. The van der Waals surface area contributed by atoms with Crippen LogP contribution in [0.1, 0.15) is 39.4 Å². The number of ether oxygens (including phenoxy) is 1. The van der Waals surface area contributed by atoms with Gasteiger partial charge in [0.2, 0.25) is 5.91 Å². The van der Waals surface area contributed by atoms with Crippen molar-refractivity contribution in [1.29, 1.82) is 0 Å². The fraction of sp³-hybridized carbons (Fsp3) is 0.625. The molecule has 0 saturated heterocycles. The van der Waals surface area contributed by atoms with Crippen LogP contribution in [-0.2, 0) is 27.8 Å². The lowest BCUT2D eigenvalue weighted by Gasteiger charge is -2.22. The van der Waals surface area contributed by atoms with Crippen LogP contribution in [-0.4, -0.2) is 65.0 Å². The van der Waals surface area contributed by atoms with E-state index < -0.39 is 18.1 Å². The molecular weight excluding hydrogens is 477 g/mol. The molecule has 0 fully saturated rings. The first kappa shape index (κ1) is 28.2. The van der Waals surface area contributed by atoms with Crippen molar-refractivity contribution >= 4 is 51.8 Å². The van der Waals surface area contributed by atoms with Gasteiger partial charge < -0.3 is 25.3 Å². The molecule has 0 spiro atoms. The summed E-state index contributed by atoms with van der Waals surface area (Å²) in [5, 5.41) is 2.76. The minimum absolute atomic E-state index is 0.223. The van der Waals surface area contributed by atoms with Gasteiger partial charge >= 0.3 is 5.97 Å². The number of anilines is 1. The van der Waals surface area contributed by atoms with Gasteiger partial charge in [-0.1, -0.05) is 13.8 Å². The molecule has 10 heteroatoms. The molecule has 1 aromatic heterocycles. The summed E-state index contributed by atoms with van der Waals surface area (Å²) in [5.74, 6) is 1.28. The second kappa shape index (κ2) is 13.8. The molecule has 0 bridgehead atoms. The van der Waals surface area contributed by atoms with Gasteiger partial charge in [0.25, 0.3) is 0 Å². The topological polar surface area (TPSA) is 102 Å². The van der Waals surface area contributed by atoms with Crippen LogP contribution in [0.5, 0.6) is 0 Å². The number of nitrogens with one attached hydrogen (secondary N) is 1. The zero-order valence-corrected chi connectivity index (χ0v) is 22.0. The van der Waals surface area contributed by atoms with Crippen molar-refractivity contribution < 1.29 is 14.3 Å². The molecule has 1 aromatic carbocycles. The summed E-state index contributed by atoms with van der Waals surface area (Å²) in [6, 6.07) is 4.63. The SMILES string of the molecule is CCOC(=O)[C@@H](CC(C)C)NC(=O)[C@@H](N)CCc1nc2cc(N(CCCl)CCCl)ccc2n1C. The van der Waals surface area contributed by atoms with Gasteiger partial charge in [-0.25, -0.2) is 9.78 Å². The first-order valence-corrected chi connectivity index (χ1v) is 12.8. The second-order valence-corrected chi connectivity index (χ2v) is 9.47. The van der Waals surface area contributed by atoms with E-state index in [2.05, 4.69) is 10.2 Å². The van der Waals surface area contributed by atoms with Gasteiger partial charge in [0.05, 0.1) is 23.7 Å². The van der Waals surface area contributed by atoms with Crippen LogP contribution in [0.2, 0.25) is 0 Å². The smallest absolute Gasteiger partial charge is 0.328 e. The lowest BCUT2D eigenvalue weighted by atomic mass is 10.0. The van der Waals surface area contributed by atoms with Crippen molar-refractivity contribution in [2.75, 3.05) is 36.4 Å². The third-order valence-electron chi connectivity index (χ3n) is 5.64. The van der Waals surface area contributed by atoms with Crippen LogP contribution in [0.4, 0.5) is 5.69 Å². The largest absolute Gasteiger partial charge is 0.464 e. The van der Waals surface area contributed by atoms with E-state index in [0.29, 0.717) is 44.1 Å². The molecular formula is C24H37Cl2N5O3. The van der Waals surface area contributed by atoms with Crippen molar-refractivity contribution in [2.24, 2.45) is 18.7 Å². The number of carbonyl (C=O) groups excluding carboxylic acids is 2. The zero-order valence-electron chi connectivity index (χ0n) is 20.5. The van der Waals surface area contributed by atoms with E-state index in [9.17, 15) is 9.59 Å². The van der Waals surface area contributed by atoms with Crippen LogP contribution < -0.4 is 16.0 Å². The second-order valence-electron chi connectivity index (χ2n) is 8.71. The summed E-state index contributed by atoms with van der Waals surface area (Å²) in [6.45, 7) is 7.38. The lowest BCUT2D eigenvalue weighted by Crippen LogP contribution is -2.49. The highest BCUT2D eigenvalue weighted by molar-refractivity contribution is 6.18. The van der Waals surface area contributed by atoms with Crippen LogP contribution in [0.3, 0.4) is 0 Å². The van der Waals surface area contributed by atoms with Crippen LogP contribution in [0.25, 0.3) is 11.0 Å². The number of nitrogens with two attached hydrogens (primary N) is 1. The first-order chi connectivity index (χ1) is 16.2. The number of benzene rings is 1. The molecule has 2 rings (SSSR count). The number of aryl methyl sites for hydroxylation is 2. The number of carbonyl (C=O) groups is 2. The van der Waals surface area contributed by atoms with Crippen LogP contribution in [0.15, 0.2) is 18.2 Å². The lowest BCUT2D eigenvalue weighted by molar-refractivity contribution is -0.148. The van der Waals surface area contributed by atoms with Crippen LogP contribution in [0, 0.1) is 5.92 Å². The minimum atomic E-state index is -0.762. The predicted octanol–water partition coefficient (Wildman–Crippen LogP) is 3.21. The number of esters is 1. The molecule has 0 aliphatic rings. The van der Waals surface area contributed by atoms with Gasteiger partial charge in [-0.3, -0.25) is 4.79 Å². The number of nitrogens with zero attached hydrogens (tertiary/aromatic N) is 3. The Morgan fingerprint density at radius 2 is 1.91 bits per heavy atom. The highest BCUT2D eigenvalue weighted by atomic mass is 35.5. The molecule has 0 unspecified atom stereocenters. The number of amides is 1. The number of rotatable bonds is 14. The number of imidazole rings is 1. The monoisotopic (exact) mass is 513 g/mol. The normalized spacial score (nSPS) is 13.2. The van der Waals surface area contributed by atoms with E-state index in [0.717, 1.165) is 22.5 Å². The van der Waals surface area contributed by atoms with Gasteiger partial charge in [-0.2, -0.15) is 0 Å². The maximum Gasteiger partial charge on any atom is 0.328 e. The van der Waals surface area contributed by atoms with Crippen molar-refractivity contribution in [2.45, 2.75) is 52.1 Å². The first-order valence-electron chi connectivity index (χ1n) is 11.8. The Balaban J connectivity index is 2.07. The third kappa shape index (κ3) is 7.75. The summed E-state index contributed by atoms with van der Waals surface area (Å²) >= 11 is 11.9. The molecule has 8 nitrogen and oxygen atoms in total. The fourth-order valence-electron chi connectivity index (χ4n) is 3.86. The van der Waals surface area contributed by atoms with E-state index >= 15 is 0 Å². The Morgan fingerprint density at radius 3 is 2.50 bits per heavy atom. The number of alkyl halides is 2. The van der Waals surface area contributed by atoms with Gasteiger partial charge in [-0.05, 0) is 43.9 Å². The highest BCUT2D eigenvalue weighted by Gasteiger charge is 2.26. The number of hydrogen-bond acceptors (Lipinski definition) is 6. The standard InChI is InChI=1S/C24H37Cl2N5O3/c1-5-34-24(33)20(14-16(2)3)29-23(32)18(27)7-9-22-28-19-15-17(6-8-21(19)30(22)4)31(12-10-25)13-11-26/h6,8,15-16,18,20H,5,7,9-14,27H2,1-4H3,(H,29,32)/t18-,20+/m0/s1. The van der Waals surface area contributed by atoms with Crippen LogP contribution >= 0.6 is 23.2 Å². The summed E-state index contributed by atoms with van der Waals surface area (Å²) in [7, 11) is 1.95. The van der Waals surface area contributed by atoms with E-state index in [4.69, 9.17) is 38.7 Å². The molecule has 3 N–H and O–H groups in total. The van der Waals surface area contributed by atoms with E-state index in [-0.39, 0.29) is 18.4 Å². The van der Waals surface area contributed by atoms with Crippen molar-refractivity contribution in [3.8, 4) is 0 Å². The molecule has 2 atom stereocenters. The Morgan fingerprint density at radius 1 is 1.24 bits per heavy atom. The molecule has 34 heavy (non-hydrogen) atoms. The number of hydrogen-bond donors (Lipinski definition) is 2. The number of aromatic nitrogens is 2. The zero-order chi connectivity index (χ0) is 25.3. The van der Waals surface area contributed by atoms with Gasteiger partial charge in [-0.15, -0.1) is 23.2 Å². The van der Waals surface area contributed by atoms with E-state index in [1.54, 1.807) is 6.92 Å². The molecule has 0 aliphatic heterocycles. The predicted molar refractivity (Wildman–Crippen MR) is 139 cm³/mol. The molecule has 0 radical (unpaired) electrons. The summed E-state index contributed by atoms with van der Waals surface area (Å²) in [4.78, 5) is 31.8. The van der Waals surface area contributed by atoms with Gasteiger partial charge in [0.1, 0.15) is 11.9 Å². The molecule has 0 aliphatic carbocycles. The molecule has 1 amide bonds. The van der Waals surface area contributed by atoms with Gasteiger partial charge in [0, 0.05) is 44.0 Å². The average Bonchev–Trinajstić information content (AvgIpc) is 3.11. The Hall–Kier alpha value is -2.03. The molecule has 0 saturated carbocycles. The quantitative estimate of drug-likeness (QED) is 0.297. The summed E-state index contributed by atoms with van der Waals surface area (Å²) in [6.07, 6.45) is 1.42. The molecule has 190 valence electrons. The maximum absolute atomic E-state index is 12.7. The summed E-state index contributed by atoms with van der Waals surface area (Å²) < 4.78 is 7.11. The Bertz CT molecular complexity index is 944. The Labute approximate surface area is 212 Å². The Kier molecular flexibility index (Phi) is 11.4. The fourth-order valence-corrected chi connectivity index (χ4v) is 4.26. The van der Waals surface area contributed by atoms with E-state index in [1.807, 2.05) is 43.7 Å². The molecule has 2 aromatic rings. The third-order valence-corrected chi connectivity index (χ3v) is 5.98. The van der Waals surface area contributed by atoms with Gasteiger partial charge in [0.15, 0.2) is 0 Å². The molecule has 1 heterocycles. The number of halogens is 2. The maximum atomic E-state index is 12.7.